The molecule has 6 atom stereocenters. The summed E-state index contributed by atoms with van der Waals surface area (Å²) in [6.07, 6.45) is 41.9. The van der Waals surface area contributed by atoms with Gasteiger partial charge < -0.3 is 33.8 Å². The van der Waals surface area contributed by atoms with Gasteiger partial charge in [0.2, 0.25) is 0 Å². The average molecular weight is 1260 g/mol. The Morgan fingerprint density at radius 3 is 0.894 bits per heavy atom. The summed E-state index contributed by atoms with van der Waals surface area (Å²) in [6, 6.07) is 0. The SMILES string of the molecule is CCCCCCCCCCCCCC(=O)O[C@H](COC(=O)CCCCCCC)COP(=O)(O)OC[C@H](O)COP(=O)(O)OC[C@@H](COC(=O)CCCCCCCCCCCCC(C)CC)OC(=O)CCCCCCCCCCCCCCC(C)C. The van der Waals surface area contributed by atoms with E-state index >= 15 is 0 Å². The van der Waals surface area contributed by atoms with Crippen LogP contribution < -0.4 is 0 Å². The predicted octanol–water partition coefficient (Wildman–Crippen LogP) is 18.4. The molecule has 0 radical (unpaired) electrons. The van der Waals surface area contributed by atoms with Crippen LogP contribution in [-0.2, 0) is 65.4 Å². The van der Waals surface area contributed by atoms with E-state index in [9.17, 15) is 43.2 Å². The van der Waals surface area contributed by atoms with Gasteiger partial charge in [-0.05, 0) is 37.5 Å². The average Bonchev–Trinajstić information content (AvgIpc) is 3.58. The lowest BCUT2D eigenvalue weighted by Gasteiger charge is -2.21. The number of unbranched alkanes of at least 4 members (excludes halogenated alkanes) is 34. The van der Waals surface area contributed by atoms with Crippen molar-refractivity contribution in [1.29, 1.82) is 0 Å². The van der Waals surface area contributed by atoms with Gasteiger partial charge >= 0.3 is 39.5 Å². The Balaban J connectivity index is 5.18. The summed E-state index contributed by atoms with van der Waals surface area (Å²) in [5.41, 5.74) is 0. The monoisotopic (exact) mass is 1250 g/mol. The van der Waals surface area contributed by atoms with Gasteiger partial charge in [-0.3, -0.25) is 37.3 Å². The maximum Gasteiger partial charge on any atom is 0.472 e. The Bertz CT molecular complexity index is 1670. The van der Waals surface area contributed by atoms with Crippen molar-refractivity contribution in [2.24, 2.45) is 11.8 Å². The minimum absolute atomic E-state index is 0.106. The summed E-state index contributed by atoms with van der Waals surface area (Å²) in [6.45, 7) is 9.46. The molecule has 0 aromatic rings. The number of aliphatic hydroxyl groups is 1. The van der Waals surface area contributed by atoms with Crippen molar-refractivity contribution in [2.75, 3.05) is 39.6 Å². The van der Waals surface area contributed by atoms with Crippen LogP contribution in [0.2, 0.25) is 0 Å². The standard InChI is InChI=1S/C66H128O17P2/c1-7-10-12-14-15-16-19-27-32-38-44-50-65(70)82-61(54-76-63(68)48-42-34-13-11-8-2)56-80-84(72,73)78-52-60(67)53-79-85(74,75)81-57-62(55-77-64(69)49-43-37-31-26-23-22-25-30-36-41-47-59(6)9-3)83-66(71)51-45-39-33-28-21-18-17-20-24-29-35-40-46-58(4)5/h58-62,67H,7-57H2,1-6H3,(H,72,73)(H,74,75)/t59?,60-,61+,62+/m0/s1. The van der Waals surface area contributed by atoms with E-state index in [1.807, 2.05) is 0 Å². The number of rotatable bonds is 65. The first kappa shape index (κ1) is 83.1. The molecule has 3 N–H and O–H groups in total. The summed E-state index contributed by atoms with van der Waals surface area (Å²) >= 11 is 0. The van der Waals surface area contributed by atoms with Crippen LogP contribution in [0.15, 0.2) is 0 Å². The number of ether oxygens (including phenoxy) is 4. The molecular weight excluding hydrogens is 1130 g/mol. The lowest BCUT2D eigenvalue weighted by molar-refractivity contribution is -0.161. The molecule has 17 nitrogen and oxygen atoms in total. The molecule has 0 saturated carbocycles. The molecule has 0 fully saturated rings. The van der Waals surface area contributed by atoms with E-state index in [4.69, 9.17) is 37.0 Å². The summed E-state index contributed by atoms with van der Waals surface area (Å²) < 4.78 is 67.9. The fourth-order valence-corrected chi connectivity index (χ4v) is 11.4. The van der Waals surface area contributed by atoms with Crippen molar-refractivity contribution in [3.05, 3.63) is 0 Å². The zero-order valence-corrected chi connectivity index (χ0v) is 56.7. The highest BCUT2D eigenvalue weighted by atomic mass is 31.2. The molecule has 19 heteroatoms. The number of hydrogen-bond acceptors (Lipinski definition) is 15. The van der Waals surface area contributed by atoms with Crippen molar-refractivity contribution < 1.29 is 80.2 Å². The van der Waals surface area contributed by atoms with E-state index in [2.05, 4.69) is 41.5 Å². The highest BCUT2D eigenvalue weighted by Gasteiger charge is 2.30. The van der Waals surface area contributed by atoms with E-state index in [-0.39, 0.29) is 25.7 Å². The van der Waals surface area contributed by atoms with E-state index in [1.54, 1.807) is 0 Å². The molecule has 0 aliphatic rings. The van der Waals surface area contributed by atoms with Gasteiger partial charge in [0.1, 0.15) is 19.3 Å². The van der Waals surface area contributed by atoms with Gasteiger partial charge in [-0.2, -0.15) is 0 Å². The number of carbonyl (C=O) groups is 4. The van der Waals surface area contributed by atoms with Crippen LogP contribution in [0, 0.1) is 11.8 Å². The van der Waals surface area contributed by atoms with Gasteiger partial charge in [0.05, 0.1) is 26.4 Å². The molecule has 0 aromatic heterocycles. The Morgan fingerprint density at radius 1 is 0.341 bits per heavy atom. The summed E-state index contributed by atoms with van der Waals surface area (Å²) in [4.78, 5) is 72.1. The zero-order valence-electron chi connectivity index (χ0n) is 54.9. The number of carbonyl (C=O) groups excluding carboxylic acids is 4. The molecule has 0 aromatic carbocycles. The van der Waals surface area contributed by atoms with Gasteiger partial charge in [0, 0.05) is 25.7 Å². The Kier molecular flexibility index (Phi) is 57.1. The van der Waals surface area contributed by atoms with E-state index in [0.717, 1.165) is 108 Å². The third-order valence-corrected chi connectivity index (χ3v) is 17.5. The summed E-state index contributed by atoms with van der Waals surface area (Å²) in [5, 5.41) is 10.5. The minimum atomic E-state index is -4.95. The predicted molar refractivity (Wildman–Crippen MR) is 340 cm³/mol. The van der Waals surface area contributed by atoms with Crippen LogP contribution in [-0.4, -0.2) is 96.7 Å². The number of esters is 4. The van der Waals surface area contributed by atoms with Crippen molar-refractivity contribution in [3.63, 3.8) is 0 Å². The quantitative estimate of drug-likeness (QED) is 0.0222. The van der Waals surface area contributed by atoms with Gasteiger partial charge in [-0.25, -0.2) is 9.13 Å². The van der Waals surface area contributed by atoms with E-state index in [0.29, 0.717) is 25.7 Å². The lowest BCUT2D eigenvalue weighted by atomic mass is 9.99. The van der Waals surface area contributed by atoms with E-state index in [1.165, 1.54) is 141 Å². The molecule has 0 spiro atoms. The first-order chi connectivity index (χ1) is 40.9. The third kappa shape index (κ3) is 59.5. The molecule has 504 valence electrons. The normalized spacial score (nSPS) is 14.6. The Morgan fingerprint density at radius 2 is 0.600 bits per heavy atom. The fourth-order valence-electron chi connectivity index (χ4n) is 9.85. The van der Waals surface area contributed by atoms with Crippen LogP contribution in [0.4, 0.5) is 0 Å². The molecule has 85 heavy (non-hydrogen) atoms. The Labute approximate surface area is 517 Å². The topological polar surface area (TPSA) is 237 Å². The smallest absolute Gasteiger partial charge is 0.462 e. The van der Waals surface area contributed by atoms with Gasteiger partial charge in [0.15, 0.2) is 12.2 Å². The van der Waals surface area contributed by atoms with Gasteiger partial charge in [-0.15, -0.1) is 0 Å². The number of phosphoric acid groups is 2. The second kappa shape index (κ2) is 58.4. The maximum atomic E-state index is 13.0. The number of hydrogen-bond donors (Lipinski definition) is 3. The first-order valence-corrected chi connectivity index (χ1v) is 37.5. The molecule has 0 saturated heterocycles. The minimum Gasteiger partial charge on any atom is -0.462 e. The van der Waals surface area contributed by atoms with E-state index < -0.39 is 97.5 Å². The van der Waals surface area contributed by atoms with Crippen LogP contribution in [0.3, 0.4) is 0 Å². The molecule has 0 rings (SSSR count). The summed E-state index contributed by atoms with van der Waals surface area (Å²) in [7, 11) is -9.88. The second-order valence-electron chi connectivity index (χ2n) is 24.6. The first-order valence-electron chi connectivity index (χ1n) is 34.5. The number of aliphatic hydroxyl groups excluding tert-OH is 1. The van der Waals surface area contributed by atoms with Crippen molar-refractivity contribution in [1.82, 2.24) is 0 Å². The molecular formula is C66H128O17P2. The second-order valence-corrected chi connectivity index (χ2v) is 27.5. The highest BCUT2D eigenvalue weighted by Crippen LogP contribution is 2.45. The molecule has 0 aliphatic heterocycles. The molecule has 0 aliphatic carbocycles. The lowest BCUT2D eigenvalue weighted by Crippen LogP contribution is -2.30. The van der Waals surface area contributed by atoms with Crippen molar-refractivity contribution in [2.45, 2.75) is 349 Å². The summed E-state index contributed by atoms with van der Waals surface area (Å²) in [5.74, 6) is -0.554. The van der Waals surface area contributed by atoms with Gasteiger partial charge in [0.25, 0.3) is 0 Å². The van der Waals surface area contributed by atoms with Crippen molar-refractivity contribution in [3.8, 4) is 0 Å². The zero-order chi connectivity index (χ0) is 62.9. The van der Waals surface area contributed by atoms with Gasteiger partial charge in [-0.1, -0.05) is 279 Å². The van der Waals surface area contributed by atoms with Crippen LogP contribution in [0.1, 0.15) is 330 Å². The largest absolute Gasteiger partial charge is 0.472 e. The Hall–Kier alpha value is -1.94. The third-order valence-electron chi connectivity index (χ3n) is 15.6. The molecule has 0 heterocycles. The van der Waals surface area contributed by atoms with Crippen molar-refractivity contribution >= 4 is 39.5 Å². The molecule has 0 bridgehead atoms. The molecule has 3 unspecified atom stereocenters. The highest BCUT2D eigenvalue weighted by molar-refractivity contribution is 7.47. The number of phosphoric ester groups is 2. The van der Waals surface area contributed by atoms with Crippen LogP contribution >= 0.6 is 15.6 Å². The maximum absolute atomic E-state index is 13.0. The van der Waals surface area contributed by atoms with Crippen LogP contribution in [0.25, 0.3) is 0 Å². The fraction of sp³-hybridized carbons (Fsp3) is 0.939. The van der Waals surface area contributed by atoms with Crippen LogP contribution in [0.5, 0.6) is 0 Å². The molecule has 0 amide bonds.